The molecule has 36 heavy (non-hydrogen) atoms. The Balaban J connectivity index is 1.39. The van der Waals surface area contributed by atoms with Gasteiger partial charge in [-0.2, -0.15) is 5.26 Å². The molecule has 3 fully saturated rings. The van der Waals surface area contributed by atoms with E-state index in [4.69, 9.17) is 4.74 Å². The maximum absolute atomic E-state index is 13.5. The number of hydrogen-bond acceptors (Lipinski definition) is 6. The highest BCUT2D eigenvalue weighted by atomic mass is 16.5. The molecule has 2 aliphatic heterocycles. The standard InChI is InChI=1S/C26H36N6O4/c27-19-26(8-12-31(13-9-26)24(34)21-6-10-28-11-7-21)30-23(33)22(18-20-4-2-1-3-5-20)29-25(35)32-14-16-36-17-15-32/h6-7,10-11,20,22H,1-5,8-9,12-18H2,(H,29,35)(H,30,33). The number of nitriles is 1. The number of aromatic nitrogens is 1. The van der Waals surface area contributed by atoms with Crippen molar-refractivity contribution in [3.05, 3.63) is 30.1 Å². The number of nitrogens with one attached hydrogen (secondary N) is 2. The number of morpholine rings is 1. The molecule has 1 aromatic heterocycles. The Morgan fingerprint density at radius 1 is 1.06 bits per heavy atom. The maximum Gasteiger partial charge on any atom is 0.318 e. The van der Waals surface area contributed by atoms with Crippen LogP contribution < -0.4 is 10.6 Å². The zero-order valence-electron chi connectivity index (χ0n) is 20.8. The summed E-state index contributed by atoms with van der Waals surface area (Å²) in [5.74, 6) is -0.0572. The van der Waals surface area contributed by atoms with Crippen molar-refractivity contribution >= 4 is 17.8 Å². The van der Waals surface area contributed by atoms with Crippen molar-refractivity contribution in [1.82, 2.24) is 25.4 Å². The van der Waals surface area contributed by atoms with Crippen LogP contribution in [-0.4, -0.2) is 83.6 Å². The fraction of sp³-hybridized carbons (Fsp3) is 0.654. The Morgan fingerprint density at radius 2 is 1.72 bits per heavy atom. The van der Waals surface area contributed by atoms with Gasteiger partial charge in [-0.25, -0.2) is 4.79 Å². The van der Waals surface area contributed by atoms with Crippen LogP contribution in [0.25, 0.3) is 0 Å². The van der Waals surface area contributed by atoms with Crippen molar-refractivity contribution < 1.29 is 19.1 Å². The van der Waals surface area contributed by atoms with Crippen LogP contribution in [0, 0.1) is 17.2 Å². The van der Waals surface area contributed by atoms with Crippen molar-refractivity contribution in [1.29, 1.82) is 5.26 Å². The van der Waals surface area contributed by atoms with Crippen LogP contribution in [0.15, 0.2) is 24.5 Å². The monoisotopic (exact) mass is 496 g/mol. The molecule has 1 aromatic rings. The van der Waals surface area contributed by atoms with Crippen molar-refractivity contribution in [2.75, 3.05) is 39.4 Å². The van der Waals surface area contributed by atoms with E-state index in [-0.39, 0.29) is 17.8 Å². The first-order chi connectivity index (χ1) is 17.5. The first-order valence-electron chi connectivity index (χ1n) is 13.1. The summed E-state index contributed by atoms with van der Waals surface area (Å²) in [5, 5.41) is 16.0. The highest BCUT2D eigenvalue weighted by Crippen LogP contribution is 2.28. The van der Waals surface area contributed by atoms with Crippen LogP contribution in [0.5, 0.6) is 0 Å². The summed E-state index contributed by atoms with van der Waals surface area (Å²) in [5.41, 5.74) is -0.516. The molecular formula is C26H36N6O4. The lowest BCUT2D eigenvalue weighted by atomic mass is 9.84. The highest BCUT2D eigenvalue weighted by molar-refractivity contribution is 5.94. The Bertz CT molecular complexity index is 945. The van der Waals surface area contributed by atoms with E-state index in [2.05, 4.69) is 21.7 Å². The summed E-state index contributed by atoms with van der Waals surface area (Å²) < 4.78 is 5.34. The molecule has 1 saturated carbocycles. The fourth-order valence-corrected chi connectivity index (χ4v) is 5.35. The predicted octanol–water partition coefficient (Wildman–Crippen LogP) is 2.08. The molecule has 0 bridgehead atoms. The topological polar surface area (TPSA) is 128 Å². The number of carbonyl (C=O) groups excluding carboxylic acids is 3. The second-order valence-electron chi connectivity index (χ2n) is 10.1. The number of hydrogen-bond donors (Lipinski definition) is 2. The van der Waals surface area contributed by atoms with Gasteiger partial charge in [0, 0.05) is 57.0 Å². The van der Waals surface area contributed by atoms with Gasteiger partial charge in [-0.3, -0.25) is 14.6 Å². The van der Waals surface area contributed by atoms with E-state index in [1.165, 1.54) is 6.42 Å². The van der Waals surface area contributed by atoms with Crippen LogP contribution in [0.2, 0.25) is 0 Å². The van der Waals surface area contributed by atoms with E-state index < -0.39 is 11.6 Å². The molecule has 1 atom stereocenters. The quantitative estimate of drug-likeness (QED) is 0.621. The number of urea groups is 1. The third-order valence-corrected chi connectivity index (χ3v) is 7.61. The van der Waals surface area contributed by atoms with Crippen molar-refractivity contribution in [3.8, 4) is 6.07 Å². The van der Waals surface area contributed by atoms with E-state index in [0.29, 0.717) is 70.1 Å². The Hall–Kier alpha value is -3.19. The van der Waals surface area contributed by atoms with E-state index in [1.54, 1.807) is 34.3 Å². The largest absolute Gasteiger partial charge is 0.378 e. The molecule has 2 saturated heterocycles. The summed E-state index contributed by atoms with van der Waals surface area (Å²) in [6, 6.07) is 4.67. The normalized spacial score (nSPS) is 21.2. The fourth-order valence-electron chi connectivity index (χ4n) is 5.35. The van der Waals surface area contributed by atoms with Gasteiger partial charge in [-0.05, 0) is 24.5 Å². The van der Waals surface area contributed by atoms with E-state index in [1.807, 2.05) is 0 Å². The summed E-state index contributed by atoms with van der Waals surface area (Å²) in [6.07, 6.45) is 9.97. The van der Waals surface area contributed by atoms with Crippen LogP contribution in [0.1, 0.15) is 61.7 Å². The smallest absolute Gasteiger partial charge is 0.318 e. The molecule has 0 aromatic carbocycles. The first kappa shape index (κ1) is 25.9. The number of ether oxygens (including phenoxy) is 1. The molecule has 0 radical (unpaired) electrons. The van der Waals surface area contributed by atoms with Crippen molar-refractivity contribution in [2.24, 2.45) is 5.92 Å². The first-order valence-corrected chi connectivity index (χ1v) is 13.1. The summed E-state index contributed by atoms with van der Waals surface area (Å²) >= 11 is 0. The lowest BCUT2D eigenvalue weighted by Gasteiger charge is -2.39. The van der Waals surface area contributed by atoms with Gasteiger partial charge in [0.25, 0.3) is 5.91 Å². The summed E-state index contributed by atoms with van der Waals surface area (Å²) in [4.78, 5) is 46.5. The van der Waals surface area contributed by atoms with E-state index in [9.17, 15) is 19.6 Å². The van der Waals surface area contributed by atoms with Gasteiger partial charge in [-0.15, -0.1) is 0 Å². The average Bonchev–Trinajstić information content (AvgIpc) is 2.94. The molecule has 1 aliphatic carbocycles. The molecule has 0 spiro atoms. The number of nitrogens with zero attached hydrogens (tertiary/aromatic N) is 4. The van der Waals surface area contributed by atoms with Gasteiger partial charge < -0.3 is 25.2 Å². The predicted molar refractivity (Wildman–Crippen MR) is 132 cm³/mol. The van der Waals surface area contributed by atoms with Gasteiger partial charge in [0.1, 0.15) is 11.6 Å². The molecule has 4 amide bonds. The SMILES string of the molecule is N#CC1(NC(=O)C(CC2CCCCC2)NC(=O)N2CCOCC2)CCN(C(=O)c2ccncc2)CC1. The molecular weight excluding hydrogens is 460 g/mol. The highest BCUT2D eigenvalue weighted by Gasteiger charge is 2.40. The molecule has 10 nitrogen and oxygen atoms in total. The lowest BCUT2D eigenvalue weighted by molar-refractivity contribution is -0.125. The Labute approximate surface area is 212 Å². The summed E-state index contributed by atoms with van der Waals surface area (Å²) in [7, 11) is 0. The van der Waals surface area contributed by atoms with E-state index in [0.717, 1.165) is 25.7 Å². The van der Waals surface area contributed by atoms with Gasteiger partial charge in [0.05, 0.1) is 19.3 Å². The number of amides is 4. The number of rotatable bonds is 6. The van der Waals surface area contributed by atoms with Crippen molar-refractivity contribution in [2.45, 2.75) is 62.9 Å². The van der Waals surface area contributed by atoms with Gasteiger partial charge in [-0.1, -0.05) is 32.1 Å². The molecule has 3 heterocycles. The van der Waals surface area contributed by atoms with Gasteiger partial charge >= 0.3 is 6.03 Å². The van der Waals surface area contributed by atoms with Crippen molar-refractivity contribution in [3.63, 3.8) is 0 Å². The molecule has 4 rings (SSSR count). The molecule has 3 aliphatic rings. The average molecular weight is 497 g/mol. The van der Waals surface area contributed by atoms with Crippen LogP contribution in [0.4, 0.5) is 4.79 Å². The molecule has 194 valence electrons. The molecule has 1 unspecified atom stereocenters. The zero-order chi connectivity index (χ0) is 25.4. The molecule has 10 heteroatoms. The second-order valence-corrected chi connectivity index (χ2v) is 10.1. The number of likely N-dealkylation sites (tertiary alicyclic amines) is 1. The van der Waals surface area contributed by atoms with Crippen LogP contribution in [-0.2, 0) is 9.53 Å². The minimum Gasteiger partial charge on any atom is -0.378 e. The zero-order valence-corrected chi connectivity index (χ0v) is 20.8. The third-order valence-electron chi connectivity index (χ3n) is 7.61. The van der Waals surface area contributed by atoms with E-state index >= 15 is 0 Å². The molecule has 2 N–H and O–H groups in total. The minimum absolute atomic E-state index is 0.108. The van der Waals surface area contributed by atoms with Gasteiger partial charge in [0.15, 0.2) is 0 Å². The third kappa shape index (κ3) is 6.52. The Kier molecular flexibility index (Phi) is 8.75. The second kappa shape index (κ2) is 12.2. The van der Waals surface area contributed by atoms with Crippen LogP contribution in [0.3, 0.4) is 0 Å². The van der Waals surface area contributed by atoms with Gasteiger partial charge in [0.2, 0.25) is 5.91 Å². The summed E-state index contributed by atoms with van der Waals surface area (Å²) in [6.45, 7) is 2.68. The minimum atomic E-state index is -1.07. The van der Waals surface area contributed by atoms with Crippen LogP contribution >= 0.6 is 0 Å². The maximum atomic E-state index is 13.5. The lowest BCUT2D eigenvalue weighted by Crippen LogP contribution is -2.60. The number of pyridine rings is 1. The number of carbonyl (C=O) groups is 3. The Morgan fingerprint density at radius 3 is 2.36 bits per heavy atom. The number of piperidine rings is 1.